The Balaban J connectivity index is 0. The average molecular weight is 458 g/mol. The molecule has 194 valence electrons. The molecule has 0 radical (unpaired) electrons. The van der Waals surface area contributed by atoms with Gasteiger partial charge in [-0.1, -0.05) is 129 Å². The fourth-order valence-corrected chi connectivity index (χ4v) is 3.95. The van der Waals surface area contributed by atoms with E-state index in [2.05, 4.69) is 13.8 Å². The second-order valence-corrected chi connectivity index (χ2v) is 9.53. The van der Waals surface area contributed by atoms with Gasteiger partial charge in [-0.2, -0.15) is 0 Å². The Labute approximate surface area is 201 Å². The second-order valence-electron chi connectivity index (χ2n) is 9.53. The minimum atomic E-state index is -0.678. The summed E-state index contributed by atoms with van der Waals surface area (Å²) in [4.78, 5) is 10.3. The molecule has 0 aliphatic rings. The number of aliphatic hydroxyl groups is 1. The highest BCUT2D eigenvalue weighted by Gasteiger charge is 2.03. The number of aliphatic hydroxyl groups excluding tert-OH is 1. The maximum atomic E-state index is 10.3. The number of hydrogen-bond acceptors (Lipinski definition) is 3. The first-order chi connectivity index (χ1) is 15.6. The first kappa shape index (κ1) is 33.6. The van der Waals surface area contributed by atoms with Gasteiger partial charge in [0, 0.05) is 6.42 Å². The maximum Gasteiger partial charge on any atom is 0.303 e. The Kier molecular flexibility index (Phi) is 31.9. The molecule has 0 saturated carbocycles. The number of nitrogens with two attached hydrogens (primary N) is 1. The Bertz CT molecular complexity index is 342. The van der Waals surface area contributed by atoms with Crippen LogP contribution in [-0.2, 0) is 4.79 Å². The van der Waals surface area contributed by atoms with Gasteiger partial charge in [-0.3, -0.25) is 4.79 Å². The van der Waals surface area contributed by atoms with Crippen molar-refractivity contribution in [3.8, 4) is 0 Å². The van der Waals surface area contributed by atoms with Gasteiger partial charge in [-0.25, -0.2) is 0 Å². The largest absolute Gasteiger partial charge is 0.481 e. The van der Waals surface area contributed by atoms with Crippen molar-refractivity contribution < 1.29 is 15.0 Å². The molecule has 0 heterocycles. The Morgan fingerprint density at radius 1 is 0.594 bits per heavy atom. The fourth-order valence-electron chi connectivity index (χ4n) is 3.95. The van der Waals surface area contributed by atoms with E-state index in [1.807, 2.05) is 0 Å². The lowest BCUT2D eigenvalue weighted by Crippen LogP contribution is -2.05. The van der Waals surface area contributed by atoms with Crippen LogP contribution >= 0.6 is 0 Å². The van der Waals surface area contributed by atoms with Crippen molar-refractivity contribution in [3.05, 3.63) is 0 Å². The van der Waals surface area contributed by atoms with E-state index in [1.54, 1.807) is 0 Å². The third-order valence-corrected chi connectivity index (χ3v) is 6.13. The first-order valence-electron chi connectivity index (χ1n) is 14.2. The summed E-state index contributed by atoms with van der Waals surface area (Å²) in [6.45, 7) is 5.34. The van der Waals surface area contributed by atoms with E-state index in [1.165, 1.54) is 103 Å². The normalized spacial score (nSPS) is 11.8. The fraction of sp³-hybridized carbons (Fsp3) is 0.964. The molecule has 0 fully saturated rings. The van der Waals surface area contributed by atoms with Crippen LogP contribution in [0.3, 0.4) is 0 Å². The molecule has 0 aliphatic carbocycles. The van der Waals surface area contributed by atoms with Gasteiger partial charge in [-0.05, 0) is 32.2 Å². The average Bonchev–Trinajstić information content (AvgIpc) is 2.77. The molecule has 4 N–H and O–H groups in total. The van der Waals surface area contributed by atoms with Crippen molar-refractivity contribution in [1.82, 2.24) is 0 Å². The summed E-state index contributed by atoms with van der Waals surface area (Å²) >= 11 is 0. The SMILES string of the molecule is CCCCCCC(O)CCCCCCCCCCC(=O)O.CCCCCCCCCCN. The van der Waals surface area contributed by atoms with Crippen molar-refractivity contribution in [2.45, 2.75) is 168 Å². The molecule has 0 aromatic heterocycles. The number of rotatable bonds is 24. The van der Waals surface area contributed by atoms with E-state index in [9.17, 15) is 9.90 Å². The van der Waals surface area contributed by atoms with E-state index in [0.717, 1.165) is 45.1 Å². The van der Waals surface area contributed by atoms with Gasteiger partial charge in [0.05, 0.1) is 6.10 Å². The smallest absolute Gasteiger partial charge is 0.303 e. The van der Waals surface area contributed by atoms with Gasteiger partial charge in [0.15, 0.2) is 0 Å². The number of unbranched alkanes of at least 4 members (excludes halogenated alkanes) is 17. The number of hydrogen-bond donors (Lipinski definition) is 3. The first-order valence-corrected chi connectivity index (χ1v) is 14.2. The van der Waals surface area contributed by atoms with E-state index in [4.69, 9.17) is 10.8 Å². The van der Waals surface area contributed by atoms with Crippen molar-refractivity contribution in [2.75, 3.05) is 6.54 Å². The van der Waals surface area contributed by atoms with Crippen LogP contribution in [-0.4, -0.2) is 28.8 Å². The van der Waals surface area contributed by atoms with Gasteiger partial charge in [0.1, 0.15) is 0 Å². The van der Waals surface area contributed by atoms with E-state index < -0.39 is 5.97 Å². The van der Waals surface area contributed by atoms with Crippen LogP contribution in [0.1, 0.15) is 162 Å². The molecule has 0 aliphatic heterocycles. The van der Waals surface area contributed by atoms with Crippen LogP contribution in [0.15, 0.2) is 0 Å². The Morgan fingerprint density at radius 2 is 0.938 bits per heavy atom. The highest BCUT2D eigenvalue weighted by molar-refractivity contribution is 5.66. The number of carboxylic acid groups (broad SMARTS) is 1. The van der Waals surface area contributed by atoms with E-state index in [0.29, 0.717) is 6.42 Å². The van der Waals surface area contributed by atoms with Gasteiger partial charge in [0.2, 0.25) is 0 Å². The maximum absolute atomic E-state index is 10.3. The molecule has 1 unspecified atom stereocenters. The van der Waals surface area contributed by atoms with Crippen molar-refractivity contribution in [3.63, 3.8) is 0 Å². The molecule has 0 saturated heterocycles. The van der Waals surface area contributed by atoms with Crippen molar-refractivity contribution >= 4 is 5.97 Å². The zero-order valence-electron chi connectivity index (χ0n) is 21.9. The van der Waals surface area contributed by atoms with Gasteiger partial charge in [0.25, 0.3) is 0 Å². The van der Waals surface area contributed by atoms with Crippen LogP contribution in [0, 0.1) is 0 Å². The van der Waals surface area contributed by atoms with E-state index >= 15 is 0 Å². The molecule has 32 heavy (non-hydrogen) atoms. The van der Waals surface area contributed by atoms with Crippen molar-refractivity contribution in [2.24, 2.45) is 5.73 Å². The number of aliphatic carboxylic acids is 1. The molecule has 4 heteroatoms. The third kappa shape index (κ3) is 34.0. The second kappa shape index (κ2) is 30.4. The number of carboxylic acids is 1. The molecule has 0 spiro atoms. The molecule has 0 rings (SSSR count). The van der Waals surface area contributed by atoms with Crippen LogP contribution < -0.4 is 5.73 Å². The summed E-state index contributed by atoms with van der Waals surface area (Å²) < 4.78 is 0. The molecule has 0 aromatic carbocycles. The third-order valence-electron chi connectivity index (χ3n) is 6.13. The lowest BCUT2D eigenvalue weighted by atomic mass is 10.0. The van der Waals surface area contributed by atoms with Crippen LogP contribution in [0.2, 0.25) is 0 Å². The molecule has 0 bridgehead atoms. The molecular weight excluding hydrogens is 398 g/mol. The lowest BCUT2D eigenvalue weighted by Gasteiger charge is -2.10. The standard InChI is InChI=1S/C18H36O3.C10H23N/c1-2-3-4-11-14-17(19)15-12-9-7-5-6-8-10-13-16-18(20)21;1-2-3-4-5-6-7-8-9-10-11/h17,19H,2-16H2,1H3,(H,20,21);2-11H2,1H3. The predicted octanol–water partition coefficient (Wildman–Crippen LogP) is 8.39. The van der Waals surface area contributed by atoms with Crippen LogP contribution in [0.25, 0.3) is 0 Å². The quantitative estimate of drug-likeness (QED) is 0.127. The highest BCUT2D eigenvalue weighted by Crippen LogP contribution is 2.14. The van der Waals surface area contributed by atoms with Crippen LogP contribution in [0.4, 0.5) is 0 Å². The van der Waals surface area contributed by atoms with Gasteiger partial charge < -0.3 is 15.9 Å². The minimum absolute atomic E-state index is 0.0853. The zero-order chi connectivity index (χ0) is 24.1. The number of carbonyl (C=O) groups is 1. The predicted molar refractivity (Wildman–Crippen MR) is 140 cm³/mol. The summed E-state index contributed by atoms with van der Waals surface area (Å²) in [6, 6.07) is 0. The van der Waals surface area contributed by atoms with E-state index in [-0.39, 0.29) is 6.10 Å². The molecule has 4 nitrogen and oxygen atoms in total. The minimum Gasteiger partial charge on any atom is -0.481 e. The summed E-state index contributed by atoms with van der Waals surface area (Å²) in [6.07, 6.45) is 27.2. The topological polar surface area (TPSA) is 83.5 Å². The van der Waals surface area contributed by atoms with Crippen LogP contribution in [0.5, 0.6) is 0 Å². The Hall–Kier alpha value is -0.610. The molecule has 1 atom stereocenters. The molecular formula is C28H59NO3. The monoisotopic (exact) mass is 457 g/mol. The Morgan fingerprint density at radius 3 is 1.34 bits per heavy atom. The summed E-state index contributed by atoms with van der Waals surface area (Å²) in [5.74, 6) is -0.678. The van der Waals surface area contributed by atoms with Crippen molar-refractivity contribution in [1.29, 1.82) is 0 Å². The lowest BCUT2D eigenvalue weighted by molar-refractivity contribution is -0.137. The molecule has 0 aromatic rings. The summed E-state index contributed by atoms with van der Waals surface area (Å²) in [5, 5.41) is 18.4. The summed E-state index contributed by atoms with van der Waals surface area (Å²) in [7, 11) is 0. The highest BCUT2D eigenvalue weighted by atomic mass is 16.4. The van der Waals surface area contributed by atoms with Gasteiger partial charge in [-0.15, -0.1) is 0 Å². The molecule has 0 amide bonds. The zero-order valence-corrected chi connectivity index (χ0v) is 21.9. The summed E-state index contributed by atoms with van der Waals surface area (Å²) in [5.41, 5.74) is 5.39. The van der Waals surface area contributed by atoms with Gasteiger partial charge >= 0.3 is 5.97 Å².